The molecule has 0 heterocycles. The van der Waals surface area contributed by atoms with Crippen molar-refractivity contribution in [2.24, 2.45) is 0 Å². The van der Waals surface area contributed by atoms with Crippen molar-refractivity contribution in [3.05, 3.63) is 54.1 Å². The first-order chi connectivity index (χ1) is 12.8. The number of allylic oxidation sites excluding steroid dienone is 1. The van der Waals surface area contributed by atoms with Gasteiger partial charge in [0.2, 0.25) is 0 Å². The molecule has 0 saturated carbocycles. The Bertz CT molecular complexity index is 933. The fourth-order valence-corrected chi connectivity index (χ4v) is 3.03. The number of carbonyl (C=O) groups is 1. The molecular formula is C20H23NO5S. The van der Waals surface area contributed by atoms with E-state index in [2.05, 4.69) is 0 Å². The van der Waals surface area contributed by atoms with Crippen LogP contribution in [0.15, 0.2) is 53.4 Å². The van der Waals surface area contributed by atoms with Crippen molar-refractivity contribution in [2.75, 3.05) is 31.9 Å². The zero-order valence-corrected chi connectivity index (χ0v) is 16.6. The molecule has 0 aliphatic rings. The molecule has 0 bridgehead atoms. The highest BCUT2D eigenvalue weighted by Gasteiger charge is 2.15. The highest BCUT2D eigenvalue weighted by molar-refractivity contribution is 7.90. The molecule has 0 aliphatic heterocycles. The highest BCUT2D eigenvalue weighted by atomic mass is 32.2. The van der Waals surface area contributed by atoms with E-state index < -0.39 is 9.84 Å². The van der Waals surface area contributed by atoms with E-state index in [-0.39, 0.29) is 17.4 Å². The summed E-state index contributed by atoms with van der Waals surface area (Å²) < 4.78 is 34.0. The van der Waals surface area contributed by atoms with E-state index in [1.165, 1.54) is 17.0 Å². The summed E-state index contributed by atoms with van der Waals surface area (Å²) in [5.41, 5.74) is 1.54. The Balaban J connectivity index is 2.07. The summed E-state index contributed by atoms with van der Waals surface area (Å²) in [5.74, 6) is 0.736. The number of hydrogen-bond donors (Lipinski definition) is 0. The Kier molecular flexibility index (Phi) is 6.63. The lowest BCUT2D eigenvalue weighted by molar-refractivity contribution is -0.120. The Hall–Kier alpha value is -2.80. The van der Waals surface area contributed by atoms with Crippen LogP contribution in [0.1, 0.15) is 12.5 Å². The van der Waals surface area contributed by atoms with Crippen molar-refractivity contribution in [1.29, 1.82) is 0 Å². The van der Waals surface area contributed by atoms with Gasteiger partial charge < -0.3 is 14.4 Å². The molecule has 6 nitrogen and oxygen atoms in total. The normalized spacial score (nSPS) is 11.4. The van der Waals surface area contributed by atoms with Crippen LogP contribution in [0.3, 0.4) is 0 Å². The molecule has 7 heteroatoms. The standard InChI is InChI=1S/C20H23NO5S/c1-5-6-15-7-12-18(19(13-15)25-3)26-14-20(22)21(2)16-8-10-17(11-9-16)27(4,23)24/h5-13H,14H2,1-4H3/b6-5+. The van der Waals surface area contributed by atoms with Crippen LogP contribution in [0.5, 0.6) is 11.5 Å². The van der Waals surface area contributed by atoms with Crippen LogP contribution in [-0.4, -0.2) is 41.3 Å². The van der Waals surface area contributed by atoms with E-state index in [4.69, 9.17) is 9.47 Å². The summed E-state index contributed by atoms with van der Waals surface area (Å²) in [6, 6.07) is 11.6. The summed E-state index contributed by atoms with van der Waals surface area (Å²) in [7, 11) is -0.129. The fourth-order valence-electron chi connectivity index (χ4n) is 2.40. The molecule has 1 amide bonds. The summed E-state index contributed by atoms with van der Waals surface area (Å²) in [4.78, 5) is 14.0. The summed E-state index contributed by atoms with van der Waals surface area (Å²) >= 11 is 0. The van der Waals surface area contributed by atoms with Crippen LogP contribution in [0, 0.1) is 0 Å². The van der Waals surface area contributed by atoms with Gasteiger partial charge in [-0.3, -0.25) is 4.79 Å². The van der Waals surface area contributed by atoms with Crippen molar-refractivity contribution in [2.45, 2.75) is 11.8 Å². The molecule has 0 unspecified atom stereocenters. The molecule has 0 fully saturated rings. The van der Waals surface area contributed by atoms with Gasteiger partial charge in [-0.05, 0) is 48.9 Å². The number of hydrogen-bond acceptors (Lipinski definition) is 5. The van der Waals surface area contributed by atoms with Crippen molar-refractivity contribution in [3.8, 4) is 11.5 Å². The third-order valence-corrected chi connectivity index (χ3v) is 5.05. The number of methoxy groups -OCH3 is 1. The minimum Gasteiger partial charge on any atom is -0.493 e. The second kappa shape index (κ2) is 8.73. The van der Waals surface area contributed by atoms with Crippen LogP contribution in [-0.2, 0) is 14.6 Å². The Labute approximate surface area is 159 Å². The van der Waals surface area contributed by atoms with Crippen LogP contribution >= 0.6 is 0 Å². The number of sulfone groups is 1. The molecule has 27 heavy (non-hydrogen) atoms. The zero-order valence-electron chi connectivity index (χ0n) is 15.8. The largest absolute Gasteiger partial charge is 0.493 e. The predicted molar refractivity (Wildman–Crippen MR) is 106 cm³/mol. The van der Waals surface area contributed by atoms with Crippen LogP contribution < -0.4 is 14.4 Å². The third kappa shape index (κ3) is 5.34. The number of benzene rings is 2. The van der Waals surface area contributed by atoms with Gasteiger partial charge in [0.1, 0.15) is 0 Å². The molecule has 144 valence electrons. The van der Waals surface area contributed by atoms with E-state index in [9.17, 15) is 13.2 Å². The Morgan fingerprint density at radius 2 is 1.78 bits per heavy atom. The van der Waals surface area contributed by atoms with Crippen molar-refractivity contribution >= 4 is 27.5 Å². The molecule has 0 N–H and O–H groups in total. The van der Waals surface area contributed by atoms with Gasteiger partial charge in [-0.25, -0.2) is 8.42 Å². The molecule has 0 aliphatic carbocycles. The number of rotatable bonds is 7. The Morgan fingerprint density at radius 1 is 1.11 bits per heavy atom. The lowest BCUT2D eigenvalue weighted by Crippen LogP contribution is -2.31. The first-order valence-corrected chi connectivity index (χ1v) is 10.2. The highest BCUT2D eigenvalue weighted by Crippen LogP contribution is 2.28. The van der Waals surface area contributed by atoms with Gasteiger partial charge in [-0.1, -0.05) is 18.2 Å². The maximum absolute atomic E-state index is 12.4. The van der Waals surface area contributed by atoms with Crippen molar-refractivity contribution < 1.29 is 22.7 Å². The van der Waals surface area contributed by atoms with E-state index in [1.807, 2.05) is 31.2 Å². The fraction of sp³-hybridized carbons (Fsp3) is 0.250. The van der Waals surface area contributed by atoms with Gasteiger partial charge in [0.15, 0.2) is 27.9 Å². The van der Waals surface area contributed by atoms with Crippen LogP contribution in [0.25, 0.3) is 6.08 Å². The topological polar surface area (TPSA) is 72.9 Å². The third-order valence-electron chi connectivity index (χ3n) is 3.92. The van der Waals surface area contributed by atoms with Gasteiger partial charge in [0.25, 0.3) is 5.91 Å². The molecule has 0 aromatic heterocycles. The predicted octanol–water partition coefficient (Wildman–Crippen LogP) is 3.17. The monoisotopic (exact) mass is 389 g/mol. The number of amides is 1. The van der Waals surface area contributed by atoms with Gasteiger partial charge >= 0.3 is 0 Å². The van der Waals surface area contributed by atoms with E-state index in [0.717, 1.165) is 11.8 Å². The van der Waals surface area contributed by atoms with Gasteiger partial charge in [-0.15, -0.1) is 0 Å². The van der Waals surface area contributed by atoms with Crippen molar-refractivity contribution in [1.82, 2.24) is 0 Å². The molecule has 0 atom stereocenters. The average Bonchev–Trinajstić information content (AvgIpc) is 2.65. The quantitative estimate of drug-likeness (QED) is 0.727. The Morgan fingerprint density at radius 3 is 2.33 bits per heavy atom. The second-order valence-corrected chi connectivity index (χ2v) is 7.93. The van der Waals surface area contributed by atoms with Crippen LogP contribution in [0.2, 0.25) is 0 Å². The summed E-state index contributed by atoms with van der Waals surface area (Å²) in [5, 5.41) is 0. The molecular weight excluding hydrogens is 366 g/mol. The maximum Gasteiger partial charge on any atom is 0.264 e. The molecule has 0 spiro atoms. The number of likely N-dealkylation sites (N-methyl/N-ethyl adjacent to an activating group) is 1. The van der Waals surface area contributed by atoms with Gasteiger partial charge in [0, 0.05) is 19.0 Å². The minimum atomic E-state index is -3.27. The average molecular weight is 389 g/mol. The zero-order chi connectivity index (χ0) is 20.0. The lowest BCUT2D eigenvalue weighted by Gasteiger charge is -2.18. The van der Waals surface area contributed by atoms with Gasteiger partial charge in [-0.2, -0.15) is 0 Å². The first kappa shape index (κ1) is 20.5. The first-order valence-electron chi connectivity index (χ1n) is 8.26. The lowest BCUT2D eigenvalue weighted by atomic mass is 10.2. The minimum absolute atomic E-state index is 0.177. The molecule has 2 rings (SSSR count). The second-order valence-electron chi connectivity index (χ2n) is 5.92. The number of nitrogens with zero attached hydrogens (tertiary/aromatic N) is 1. The van der Waals surface area contributed by atoms with Gasteiger partial charge in [0.05, 0.1) is 12.0 Å². The summed E-state index contributed by atoms with van der Waals surface area (Å²) in [6.45, 7) is 1.75. The smallest absolute Gasteiger partial charge is 0.264 e. The van der Waals surface area contributed by atoms with Crippen LogP contribution in [0.4, 0.5) is 5.69 Å². The molecule has 2 aromatic carbocycles. The SMILES string of the molecule is C/C=C/c1ccc(OCC(=O)N(C)c2ccc(S(C)(=O)=O)cc2)c(OC)c1. The van der Waals surface area contributed by atoms with Crippen molar-refractivity contribution in [3.63, 3.8) is 0 Å². The molecule has 0 saturated heterocycles. The number of ether oxygens (including phenoxy) is 2. The van der Waals surface area contributed by atoms with E-state index >= 15 is 0 Å². The number of carbonyl (C=O) groups excluding carboxylic acids is 1. The maximum atomic E-state index is 12.4. The molecule has 2 aromatic rings. The van der Waals surface area contributed by atoms with E-state index in [0.29, 0.717) is 17.2 Å². The summed E-state index contributed by atoms with van der Waals surface area (Å²) in [6.07, 6.45) is 4.99. The van der Waals surface area contributed by atoms with E-state index in [1.54, 1.807) is 32.4 Å². The number of anilines is 1. The molecule has 0 radical (unpaired) electrons.